The predicted octanol–water partition coefficient (Wildman–Crippen LogP) is 4.56. The summed E-state index contributed by atoms with van der Waals surface area (Å²) in [6.07, 6.45) is 4.32. The highest BCUT2D eigenvalue weighted by Crippen LogP contribution is 2.32. The van der Waals surface area contributed by atoms with Crippen LogP contribution in [0.15, 0.2) is 77.7 Å². The molecule has 9 nitrogen and oxygen atoms in total. The van der Waals surface area contributed by atoms with E-state index < -0.39 is 34.3 Å². The summed E-state index contributed by atoms with van der Waals surface area (Å²) in [6.45, 7) is 1.23. The average Bonchev–Trinajstić information content (AvgIpc) is 3.53. The monoisotopic (exact) mass is 611 g/mol. The van der Waals surface area contributed by atoms with Crippen molar-refractivity contribution in [3.63, 3.8) is 0 Å². The Bertz CT molecular complexity index is 1500. The minimum absolute atomic E-state index is 0.0576. The zero-order valence-electron chi connectivity index (χ0n) is 24.7. The first-order valence-electron chi connectivity index (χ1n) is 14.3. The van der Waals surface area contributed by atoms with Crippen molar-refractivity contribution in [1.82, 2.24) is 10.2 Å². The first-order valence-corrected chi connectivity index (χ1v) is 15.7. The lowest BCUT2D eigenvalue weighted by Gasteiger charge is -2.32. The van der Waals surface area contributed by atoms with Gasteiger partial charge in [-0.15, -0.1) is 0 Å². The van der Waals surface area contributed by atoms with Gasteiger partial charge >= 0.3 is 0 Å². The molecule has 3 aromatic rings. The van der Waals surface area contributed by atoms with Crippen LogP contribution in [0.4, 0.5) is 10.1 Å². The maximum atomic E-state index is 14.0. The number of sulfonamides is 1. The molecule has 0 radical (unpaired) electrons. The van der Waals surface area contributed by atoms with Crippen LogP contribution >= 0.6 is 0 Å². The van der Waals surface area contributed by atoms with Crippen molar-refractivity contribution in [1.29, 1.82) is 0 Å². The number of carbonyl (C=O) groups is 2. The molecule has 1 fully saturated rings. The molecule has 1 aliphatic rings. The van der Waals surface area contributed by atoms with Crippen LogP contribution < -0.4 is 19.1 Å². The maximum absolute atomic E-state index is 14.0. The molecule has 1 N–H and O–H groups in total. The molecule has 0 heterocycles. The summed E-state index contributed by atoms with van der Waals surface area (Å²) in [5.41, 5.74) is 1.06. The van der Waals surface area contributed by atoms with E-state index in [0.717, 1.165) is 47.7 Å². The number of anilines is 1. The summed E-state index contributed by atoms with van der Waals surface area (Å²) in [5.74, 6) is -0.890. The topological polar surface area (TPSA) is 105 Å². The van der Waals surface area contributed by atoms with Gasteiger partial charge < -0.3 is 19.7 Å². The smallest absolute Gasteiger partial charge is 0.264 e. The summed E-state index contributed by atoms with van der Waals surface area (Å²) in [4.78, 5) is 28.6. The Morgan fingerprint density at radius 3 is 2.23 bits per heavy atom. The third-order valence-corrected chi connectivity index (χ3v) is 9.46. The predicted molar refractivity (Wildman–Crippen MR) is 162 cm³/mol. The summed E-state index contributed by atoms with van der Waals surface area (Å²) >= 11 is 0. The highest BCUT2D eigenvalue weighted by atomic mass is 32.2. The van der Waals surface area contributed by atoms with Gasteiger partial charge in [0, 0.05) is 18.7 Å². The fraction of sp³-hybridized carbons (Fsp3) is 0.375. The second-order valence-electron chi connectivity index (χ2n) is 10.5. The van der Waals surface area contributed by atoms with Crippen LogP contribution in [0.1, 0.15) is 38.2 Å². The van der Waals surface area contributed by atoms with Gasteiger partial charge in [0.1, 0.15) is 18.4 Å². The van der Waals surface area contributed by atoms with E-state index in [4.69, 9.17) is 9.47 Å². The number of carbonyl (C=O) groups excluding carboxylic acids is 2. The van der Waals surface area contributed by atoms with Gasteiger partial charge in [0.25, 0.3) is 10.0 Å². The molecule has 0 aromatic heterocycles. The zero-order chi connectivity index (χ0) is 31.0. The van der Waals surface area contributed by atoms with Crippen LogP contribution in [0.2, 0.25) is 0 Å². The normalized spacial score (nSPS) is 14.1. The van der Waals surface area contributed by atoms with E-state index in [9.17, 15) is 22.4 Å². The van der Waals surface area contributed by atoms with Gasteiger partial charge in [-0.25, -0.2) is 12.8 Å². The van der Waals surface area contributed by atoms with Crippen molar-refractivity contribution in [3.8, 4) is 11.5 Å². The van der Waals surface area contributed by atoms with E-state index in [0.29, 0.717) is 12.2 Å². The fourth-order valence-electron chi connectivity index (χ4n) is 5.20. The van der Waals surface area contributed by atoms with E-state index in [2.05, 4.69) is 5.32 Å². The second kappa shape index (κ2) is 14.4. The Balaban J connectivity index is 1.67. The summed E-state index contributed by atoms with van der Waals surface area (Å²) in [6, 6.07) is 17.7. The molecule has 0 saturated heterocycles. The molecule has 43 heavy (non-hydrogen) atoms. The molecule has 1 aliphatic carbocycles. The lowest BCUT2D eigenvalue weighted by Crippen LogP contribution is -2.53. The average molecular weight is 612 g/mol. The van der Waals surface area contributed by atoms with Crippen molar-refractivity contribution < 1.29 is 31.9 Å². The molecule has 1 atom stereocenters. The van der Waals surface area contributed by atoms with E-state index in [1.807, 2.05) is 30.3 Å². The Morgan fingerprint density at radius 2 is 1.60 bits per heavy atom. The number of hydrogen-bond donors (Lipinski definition) is 1. The lowest BCUT2D eigenvalue weighted by molar-refractivity contribution is -0.139. The molecule has 4 rings (SSSR count). The van der Waals surface area contributed by atoms with Crippen LogP contribution in [-0.2, 0) is 26.0 Å². The van der Waals surface area contributed by atoms with E-state index in [1.54, 1.807) is 6.92 Å². The van der Waals surface area contributed by atoms with Crippen LogP contribution in [0.5, 0.6) is 11.5 Å². The van der Waals surface area contributed by atoms with Gasteiger partial charge in [-0.3, -0.25) is 13.9 Å². The number of halogens is 1. The third kappa shape index (κ3) is 7.84. The minimum atomic E-state index is -4.36. The SMILES string of the molecule is COc1ccc(S(=O)(=O)N(CC(=O)N(CCc2ccccc2)[C@@H](C)C(=O)NC2CCCC2)c2ccc(F)cc2)cc1OC. The lowest BCUT2D eigenvalue weighted by atomic mass is 10.1. The number of benzene rings is 3. The molecular formula is C32H38FN3O6S. The molecule has 3 aromatic carbocycles. The Hall–Kier alpha value is -4.12. The highest BCUT2D eigenvalue weighted by molar-refractivity contribution is 7.92. The van der Waals surface area contributed by atoms with Crippen LogP contribution in [-0.4, -0.2) is 64.5 Å². The molecular weight excluding hydrogens is 573 g/mol. The molecule has 230 valence electrons. The number of ether oxygens (including phenoxy) is 2. The van der Waals surface area contributed by atoms with Crippen molar-refractivity contribution >= 4 is 27.5 Å². The molecule has 0 aliphatic heterocycles. The van der Waals surface area contributed by atoms with E-state index in [-0.39, 0.29) is 34.8 Å². The Labute approximate surface area is 252 Å². The van der Waals surface area contributed by atoms with Gasteiger partial charge in [0.05, 0.1) is 24.8 Å². The zero-order valence-corrected chi connectivity index (χ0v) is 25.5. The Kier molecular flexibility index (Phi) is 10.6. The molecule has 11 heteroatoms. The standard InChI is InChI=1S/C32H38FN3O6S/c1-23(32(38)34-26-11-7-8-12-26)35(20-19-24-9-5-4-6-10-24)31(37)22-36(27-15-13-25(33)14-16-27)43(39,40)28-17-18-29(41-2)30(21-28)42-3/h4-6,9-10,13-18,21,23,26H,7-8,11-12,19-20,22H2,1-3H3,(H,34,38)/t23-/m0/s1. The van der Waals surface area contributed by atoms with Gasteiger partial charge in [-0.05, 0) is 68.1 Å². The quantitative estimate of drug-likeness (QED) is 0.304. The number of nitrogens with zero attached hydrogens (tertiary/aromatic N) is 2. The maximum Gasteiger partial charge on any atom is 0.264 e. The van der Waals surface area contributed by atoms with Crippen molar-refractivity contribution in [2.24, 2.45) is 0 Å². The number of rotatable bonds is 13. The van der Waals surface area contributed by atoms with Gasteiger partial charge in [0.2, 0.25) is 11.8 Å². The first kappa shape index (κ1) is 31.8. The van der Waals surface area contributed by atoms with E-state index >= 15 is 0 Å². The highest BCUT2D eigenvalue weighted by Gasteiger charge is 2.33. The van der Waals surface area contributed by atoms with Crippen molar-refractivity contribution in [2.75, 3.05) is 31.6 Å². The minimum Gasteiger partial charge on any atom is -0.493 e. The summed E-state index contributed by atoms with van der Waals surface area (Å²) in [7, 11) is -1.54. The molecule has 0 spiro atoms. The van der Waals surface area contributed by atoms with Crippen molar-refractivity contribution in [3.05, 3.63) is 84.2 Å². The van der Waals surface area contributed by atoms with Gasteiger partial charge in [-0.2, -0.15) is 0 Å². The van der Waals surface area contributed by atoms with Gasteiger partial charge in [-0.1, -0.05) is 43.2 Å². The number of hydrogen-bond acceptors (Lipinski definition) is 6. The summed E-state index contributed by atoms with van der Waals surface area (Å²) < 4.78 is 53.4. The van der Waals surface area contributed by atoms with Crippen LogP contribution in [0.25, 0.3) is 0 Å². The molecule has 0 unspecified atom stereocenters. The molecule has 2 amide bonds. The van der Waals surface area contributed by atoms with Crippen LogP contribution in [0, 0.1) is 5.82 Å². The number of amides is 2. The third-order valence-electron chi connectivity index (χ3n) is 7.69. The molecule has 0 bridgehead atoms. The number of nitrogens with one attached hydrogen (secondary N) is 1. The second-order valence-corrected chi connectivity index (χ2v) is 12.4. The fourth-order valence-corrected chi connectivity index (χ4v) is 6.63. The van der Waals surface area contributed by atoms with E-state index in [1.165, 1.54) is 49.5 Å². The van der Waals surface area contributed by atoms with Crippen LogP contribution in [0.3, 0.4) is 0 Å². The van der Waals surface area contributed by atoms with Gasteiger partial charge in [0.15, 0.2) is 11.5 Å². The van der Waals surface area contributed by atoms with Crippen molar-refractivity contribution in [2.45, 2.75) is 56.0 Å². The number of methoxy groups -OCH3 is 2. The summed E-state index contributed by atoms with van der Waals surface area (Å²) in [5, 5.41) is 3.05. The molecule has 1 saturated carbocycles. The first-order chi connectivity index (χ1) is 20.6. The Morgan fingerprint density at radius 1 is 0.953 bits per heavy atom. The largest absolute Gasteiger partial charge is 0.493 e.